The molecular weight excluding hydrogens is 298 g/mol. The highest BCUT2D eigenvalue weighted by molar-refractivity contribution is 9.10. The number of halogens is 1. The molecule has 0 unspecified atom stereocenters. The van der Waals surface area contributed by atoms with Gasteiger partial charge in [-0.15, -0.1) is 0 Å². The second-order valence-corrected chi connectivity index (χ2v) is 5.26. The van der Waals surface area contributed by atoms with Gasteiger partial charge in [-0.25, -0.2) is 9.80 Å². The lowest BCUT2D eigenvalue weighted by Crippen LogP contribution is -2.46. The predicted octanol–water partition coefficient (Wildman–Crippen LogP) is 1.72. The molecule has 1 aromatic rings. The summed E-state index contributed by atoms with van der Waals surface area (Å²) in [6.07, 6.45) is 0. The smallest absolute Gasteiger partial charge is 0.336 e. The highest BCUT2D eigenvalue weighted by Crippen LogP contribution is 2.22. The number of nitrogens with one attached hydrogen (secondary N) is 1. The van der Waals surface area contributed by atoms with Crippen molar-refractivity contribution in [3.05, 3.63) is 28.2 Å². The minimum atomic E-state index is -0.923. The second-order valence-electron chi connectivity index (χ2n) is 4.40. The summed E-state index contributed by atoms with van der Waals surface area (Å²) >= 11 is 3.27. The van der Waals surface area contributed by atoms with E-state index in [9.17, 15) is 4.79 Å². The van der Waals surface area contributed by atoms with Gasteiger partial charge in [0.2, 0.25) is 0 Å². The zero-order chi connectivity index (χ0) is 13.1. The van der Waals surface area contributed by atoms with E-state index in [0.717, 1.165) is 31.9 Å². The average Bonchev–Trinajstić information content (AvgIpc) is 2.32. The van der Waals surface area contributed by atoms with Gasteiger partial charge in [0.1, 0.15) is 0 Å². The SMILES string of the molecule is CN1CCN(Nc2ccc(C(=O)O)c(Br)c2)CC1. The van der Waals surface area contributed by atoms with E-state index in [4.69, 9.17) is 5.11 Å². The fraction of sp³-hybridized carbons (Fsp3) is 0.417. The minimum Gasteiger partial charge on any atom is -0.478 e. The van der Waals surface area contributed by atoms with Crippen molar-refractivity contribution >= 4 is 27.6 Å². The molecule has 1 aliphatic rings. The Hall–Kier alpha value is -1.11. The molecule has 1 saturated heterocycles. The maximum absolute atomic E-state index is 10.9. The van der Waals surface area contributed by atoms with Crippen LogP contribution in [0.25, 0.3) is 0 Å². The van der Waals surface area contributed by atoms with Gasteiger partial charge in [0.25, 0.3) is 0 Å². The number of carbonyl (C=O) groups is 1. The molecule has 18 heavy (non-hydrogen) atoms. The van der Waals surface area contributed by atoms with Crippen molar-refractivity contribution in [1.82, 2.24) is 9.91 Å². The first kappa shape index (κ1) is 13.3. The topological polar surface area (TPSA) is 55.8 Å². The van der Waals surface area contributed by atoms with Crippen LogP contribution in [0.5, 0.6) is 0 Å². The van der Waals surface area contributed by atoms with Crippen LogP contribution >= 0.6 is 15.9 Å². The van der Waals surface area contributed by atoms with Gasteiger partial charge in [0, 0.05) is 30.7 Å². The van der Waals surface area contributed by atoms with Crippen LogP contribution in [0.1, 0.15) is 10.4 Å². The van der Waals surface area contributed by atoms with Crippen LogP contribution in [0.15, 0.2) is 22.7 Å². The number of carboxylic acids is 1. The molecule has 6 heteroatoms. The van der Waals surface area contributed by atoms with Gasteiger partial charge in [-0.2, -0.15) is 0 Å². The summed E-state index contributed by atoms with van der Waals surface area (Å²) < 4.78 is 0.592. The highest BCUT2D eigenvalue weighted by Gasteiger charge is 2.14. The number of benzene rings is 1. The molecule has 0 aliphatic carbocycles. The van der Waals surface area contributed by atoms with Gasteiger partial charge in [-0.3, -0.25) is 0 Å². The number of anilines is 1. The lowest BCUT2D eigenvalue weighted by Gasteiger charge is -2.33. The van der Waals surface area contributed by atoms with E-state index >= 15 is 0 Å². The summed E-state index contributed by atoms with van der Waals surface area (Å²) in [6.45, 7) is 3.96. The largest absolute Gasteiger partial charge is 0.478 e. The first-order valence-corrected chi connectivity index (χ1v) is 6.58. The number of hydrogen-bond donors (Lipinski definition) is 2. The Kier molecular flexibility index (Phi) is 4.21. The maximum Gasteiger partial charge on any atom is 0.336 e. The number of likely N-dealkylation sites (N-methyl/N-ethyl adjacent to an activating group) is 1. The van der Waals surface area contributed by atoms with Crippen molar-refractivity contribution in [2.45, 2.75) is 0 Å². The molecule has 1 fully saturated rings. The van der Waals surface area contributed by atoms with E-state index < -0.39 is 5.97 Å². The molecule has 0 saturated carbocycles. The van der Waals surface area contributed by atoms with Crippen LogP contribution < -0.4 is 5.43 Å². The second kappa shape index (κ2) is 5.69. The molecular formula is C12H16BrN3O2. The van der Waals surface area contributed by atoms with Crippen LogP contribution in [0.2, 0.25) is 0 Å². The maximum atomic E-state index is 10.9. The quantitative estimate of drug-likeness (QED) is 0.890. The molecule has 0 spiro atoms. The van der Waals surface area contributed by atoms with Crippen molar-refractivity contribution in [2.24, 2.45) is 0 Å². The minimum absolute atomic E-state index is 0.277. The Morgan fingerprint density at radius 3 is 2.56 bits per heavy atom. The first-order valence-electron chi connectivity index (χ1n) is 5.79. The zero-order valence-corrected chi connectivity index (χ0v) is 11.8. The van der Waals surface area contributed by atoms with E-state index in [1.807, 2.05) is 0 Å². The number of hydrogen-bond acceptors (Lipinski definition) is 4. The van der Waals surface area contributed by atoms with Crippen molar-refractivity contribution in [2.75, 3.05) is 38.7 Å². The fourth-order valence-corrected chi connectivity index (χ4v) is 2.41. The van der Waals surface area contributed by atoms with Gasteiger partial charge in [0.15, 0.2) is 0 Å². The van der Waals surface area contributed by atoms with E-state index in [-0.39, 0.29) is 5.56 Å². The molecule has 0 atom stereocenters. The molecule has 5 nitrogen and oxygen atoms in total. The number of rotatable bonds is 3. The predicted molar refractivity (Wildman–Crippen MR) is 73.8 cm³/mol. The molecule has 0 radical (unpaired) electrons. The molecule has 1 heterocycles. The Labute approximate surface area is 114 Å². The Morgan fingerprint density at radius 2 is 2.00 bits per heavy atom. The summed E-state index contributed by atoms with van der Waals surface area (Å²) in [4.78, 5) is 13.2. The molecule has 1 aromatic carbocycles. The van der Waals surface area contributed by atoms with Crippen LogP contribution in [0.4, 0.5) is 5.69 Å². The Balaban J connectivity index is 2.02. The molecule has 1 aliphatic heterocycles. The monoisotopic (exact) mass is 313 g/mol. The van der Waals surface area contributed by atoms with E-state index in [2.05, 4.69) is 38.3 Å². The van der Waals surface area contributed by atoms with Gasteiger partial charge < -0.3 is 15.4 Å². The van der Waals surface area contributed by atoms with Gasteiger partial charge >= 0.3 is 5.97 Å². The normalized spacial score (nSPS) is 17.7. The summed E-state index contributed by atoms with van der Waals surface area (Å²) in [7, 11) is 2.11. The van der Waals surface area contributed by atoms with Crippen LogP contribution in [0.3, 0.4) is 0 Å². The molecule has 0 aromatic heterocycles. The van der Waals surface area contributed by atoms with Crippen LogP contribution in [-0.2, 0) is 0 Å². The third-order valence-corrected chi connectivity index (χ3v) is 3.65. The first-order chi connectivity index (χ1) is 8.56. The van der Waals surface area contributed by atoms with Crippen LogP contribution in [-0.4, -0.2) is 54.2 Å². The zero-order valence-electron chi connectivity index (χ0n) is 10.2. The van der Waals surface area contributed by atoms with Crippen molar-refractivity contribution in [1.29, 1.82) is 0 Å². The number of hydrazine groups is 1. The van der Waals surface area contributed by atoms with E-state index in [0.29, 0.717) is 4.47 Å². The van der Waals surface area contributed by atoms with Crippen LogP contribution in [0, 0.1) is 0 Å². The summed E-state index contributed by atoms with van der Waals surface area (Å²) in [5.74, 6) is -0.923. The third kappa shape index (κ3) is 3.22. The third-order valence-electron chi connectivity index (χ3n) is 2.99. The van der Waals surface area contributed by atoms with Crippen molar-refractivity contribution in [3.63, 3.8) is 0 Å². The molecule has 0 bridgehead atoms. The average molecular weight is 314 g/mol. The Morgan fingerprint density at radius 1 is 1.33 bits per heavy atom. The molecule has 2 rings (SSSR count). The number of aromatic carboxylic acids is 1. The van der Waals surface area contributed by atoms with Crippen molar-refractivity contribution < 1.29 is 9.90 Å². The summed E-state index contributed by atoms with van der Waals surface area (Å²) in [5.41, 5.74) is 4.47. The fourth-order valence-electron chi connectivity index (χ4n) is 1.86. The number of piperazine rings is 1. The summed E-state index contributed by atoms with van der Waals surface area (Å²) in [5, 5.41) is 11.1. The molecule has 0 amide bonds. The van der Waals surface area contributed by atoms with Gasteiger partial charge in [0.05, 0.1) is 11.3 Å². The molecule has 98 valence electrons. The highest BCUT2D eigenvalue weighted by atomic mass is 79.9. The van der Waals surface area contributed by atoms with Gasteiger partial charge in [-0.05, 0) is 41.2 Å². The van der Waals surface area contributed by atoms with Crippen molar-refractivity contribution in [3.8, 4) is 0 Å². The molecule has 2 N–H and O–H groups in total. The Bertz CT molecular complexity index is 445. The van der Waals surface area contributed by atoms with E-state index in [1.54, 1.807) is 18.2 Å². The summed E-state index contributed by atoms with van der Waals surface area (Å²) in [6, 6.07) is 5.18. The van der Waals surface area contributed by atoms with Gasteiger partial charge in [-0.1, -0.05) is 0 Å². The number of carboxylic acid groups (broad SMARTS) is 1. The van der Waals surface area contributed by atoms with E-state index in [1.165, 1.54) is 0 Å². The standard InChI is InChI=1S/C12H16BrN3O2/c1-15-4-6-16(7-5-15)14-9-2-3-10(12(17)18)11(13)8-9/h2-3,8,14H,4-7H2,1H3,(H,17,18). The lowest BCUT2D eigenvalue weighted by molar-refractivity contribution is 0.0696. The lowest BCUT2D eigenvalue weighted by atomic mass is 10.2. The number of nitrogens with zero attached hydrogens (tertiary/aromatic N) is 2.